The molecule has 0 aliphatic heterocycles. The molecule has 3 nitrogen and oxygen atoms in total. The molecule has 0 N–H and O–H groups in total. The fourth-order valence-electron chi connectivity index (χ4n) is 2.01. The van der Waals surface area contributed by atoms with E-state index in [0.717, 1.165) is 23.0 Å². The molecule has 0 bridgehead atoms. The van der Waals surface area contributed by atoms with Crippen molar-refractivity contribution in [1.82, 2.24) is 0 Å². The summed E-state index contributed by atoms with van der Waals surface area (Å²) in [5, 5.41) is 9.08. The minimum absolute atomic E-state index is 0.499. The summed E-state index contributed by atoms with van der Waals surface area (Å²) in [4.78, 5) is 11.0. The van der Waals surface area contributed by atoms with Crippen LogP contribution in [0.4, 0.5) is 0 Å². The third-order valence-corrected chi connectivity index (χ3v) is 3.05. The van der Waals surface area contributed by atoms with Gasteiger partial charge >= 0.3 is 0 Å². The molecule has 0 heterocycles. The van der Waals surface area contributed by atoms with Crippen LogP contribution in [0.3, 0.4) is 0 Å². The lowest BCUT2D eigenvalue weighted by atomic mass is 9.98. The molecule has 0 atom stereocenters. The monoisotopic (exact) mass is 251 g/mol. The first kappa shape index (κ1) is 12.8. The zero-order valence-electron chi connectivity index (χ0n) is 10.8. The highest BCUT2D eigenvalue weighted by Gasteiger charge is 2.11. The van der Waals surface area contributed by atoms with Gasteiger partial charge in [0.2, 0.25) is 0 Å². The number of aldehydes is 1. The molecule has 0 aromatic heterocycles. The van der Waals surface area contributed by atoms with Gasteiger partial charge in [-0.05, 0) is 30.2 Å². The second-order valence-corrected chi connectivity index (χ2v) is 4.19. The van der Waals surface area contributed by atoms with E-state index < -0.39 is 0 Å². The molecule has 0 radical (unpaired) electrons. The summed E-state index contributed by atoms with van der Waals surface area (Å²) in [7, 11) is 1.53. The van der Waals surface area contributed by atoms with Crippen LogP contribution in [0, 0.1) is 18.3 Å². The highest BCUT2D eigenvalue weighted by atomic mass is 16.5. The van der Waals surface area contributed by atoms with Gasteiger partial charge in [0.1, 0.15) is 5.75 Å². The Morgan fingerprint density at radius 2 is 2.05 bits per heavy atom. The first-order chi connectivity index (χ1) is 9.21. The van der Waals surface area contributed by atoms with Gasteiger partial charge in [-0.1, -0.05) is 24.3 Å². The average Bonchev–Trinajstić information content (AvgIpc) is 2.46. The molecular weight excluding hydrogens is 238 g/mol. The van der Waals surface area contributed by atoms with Crippen LogP contribution in [0.5, 0.6) is 5.75 Å². The number of hydrogen-bond acceptors (Lipinski definition) is 3. The maximum Gasteiger partial charge on any atom is 0.153 e. The third-order valence-electron chi connectivity index (χ3n) is 3.05. The van der Waals surface area contributed by atoms with Crippen molar-refractivity contribution in [3.8, 4) is 22.9 Å². The molecule has 0 saturated heterocycles. The summed E-state index contributed by atoms with van der Waals surface area (Å²) < 4.78 is 5.31. The van der Waals surface area contributed by atoms with E-state index in [9.17, 15) is 4.79 Å². The fourth-order valence-corrected chi connectivity index (χ4v) is 2.01. The molecule has 0 spiro atoms. The van der Waals surface area contributed by atoms with Gasteiger partial charge in [0.05, 0.1) is 24.3 Å². The zero-order chi connectivity index (χ0) is 13.8. The Bertz CT molecular complexity index is 669. The minimum atomic E-state index is 0.499. The van der Waals surface area contributed by atoms with Gasteiger partial charge in [-0.15, -0.1) is 0 Å². The minimum Gasteiger partial charge on any atom is -0.495 e. The van der Waals surface area contributed by atoms with Crippen molar-refractivity contribution in [3.63, 3.8) is 0 Å². The van der Waals surface area contributed by atoms with E-state index in [0.29, 0.717) is 16.9 Å². The fraction of sp³-hybridized carbons (Fsp3) is 0.125. The van der Waals surface area contributed by atoms with Crippen LogP contribution in [0.1, 0.15) is 21.5 Å². The molecule has 0 amide bonds. The number of aryl methyl sites for hydroxylation is 1. The topological polar surface area (TPSA) is 50.1 Å². The summed E-state index contributed by atoms with van der Waals surface area (Å²) in [6, 6.07) is 13.2. The Morgan fingerprint density at radius 1 is 1.26 bits per heavy atom. The standard InChI is InChI=1S/C16H13NO2/c1-11-6-7-12(8-14(11)9-17)15-5-3-4-13(10-18)16(15)19-2/h3-8,10H,1-2H3. The summed E-state index contributed by atoms with van der Waals surface area (Å²) in [6.07, 6.45) is 0.766. The highest BCUT2D eigenvalue weighted by Crippen LogP contribution is 2.33. The van der Waals surface area contributed by atoms with E-state index in [1.54, 1.807) is 12.1 Å². The Labute approximate surface area is 112 Å². The van der Waals surface area contributed by atoms with Crippen molar-refractivity contribution in [1.29, 1.82) is 5.26 Å². The van der Waals surface area contributed by atoms with E-state index in [1.165, 1.54) is 7.11 Å². The summed E-state index contributed by atoms with van der Waals surface area (Å²) in [6.45, 7) is 1.89. The lowest BCUT2D eigenvalue weighted by Gasteiger charge is -2.11. The van der Waals surface area contributed by atoms with Crippen LogP contribution in [-0.2, 0) is 0 Å². The Balaban J connectivity index is 2.66. The van der Waals surface area contributed by atoms with Crippen LogP contribution in [0.15, 0.2) is 36.4 Å². The van der Waals surface area contributed by atoms with Crippen molar-refractivity contribution >= 4 is 6.29 Å². The van der Waals surface area contributed by atoms with Crippen molar-refractivity contribution in [2.24, 2.45) is 0 Å². The van der Waals surface area contributed by atoms with Crippen LogP contribution in [-0.4, -0.2) is 13.4 Å². The second kappa shape index (κ2) is 5.36. The maximum absolute atomic E-state index is 11.0. The van der Waals surface area contributed by atoms with Gasteiger partial charge in [-0.25, -0.2) is 0 Å². The summed E-state index contributed by atoms with van der Waals surface area (Å²) >= 11 is 0. The number of nitriles is 1. The maximum atomic E-state index is 11.0. The second-order valence-electron chi connectivity index (χ2n) is 4.19. The SMILES string of the molecule is COc1c(C=O)cccc1-c1ccc(C)c(C#N)c1. The number of methoxy groups -OCH3 is 1. The van der Waals surface area contributed by atoms with Crippen molar-refractivity contribution in [2.45, 2.75) is 6.92 Å². The number of nitrogens with zero attached hydrogens (tertiary/aromatic N) is 1. The number of ether oxygens (including phenoxy) is 1. The molecule has 94 valence electrons. The van der Waals surface area contributed by atoms with Gasteiger partial charge < -0.3 is 4.74 Å². The number of rotatable bonds is 3. The predicted octanol–water partition coefficient (Wildman–Crippen LogP) is 3.35. The average molecular weight is 251 g/mol. The molecule has 2 aromatic carbocycles. The van der Waals surface area contributed by atoms with E-state index in [1.807, 2.05) is 31.2 Å². The van der Waals surface area contributed by atoms with Gasteiger partial charge in [0.25, 0.3) is 0 Å². The third kappa shape index (κ3) is 2.34. The lowest BCUT2D eigenvalue weighted by molar-refractivity contribution is 0.112. The van der Waals surface area contributed by atoms with Gasteiger partial charge in [-0.2, -0.15) is 5.26 Å². The Morgan fingerprint density at radius 3 is 2.68 bits per heavy atom. The zero-order valence-corrected chi connectivity index (χ0v) is 10.8. The van der Waals surface area contributed by atoms with Crippen LogP contribution >= 0.6 is 0 Å². The Hall–Kier alpha value is -2.60. The van der Waals surface area contributed by atoms with Crippen molar-refractivity contribution < 1.29 is 9.53 Å². The summed E-state index contributed by atoms with van der Waals surface area (Å²) in [5.41, 5.74) is 3.72. The van der Waals surface area contributed by atoms with Gasteiger partial charge in [0, 0.05) is 5.56 Å². The molecule has 0 fully saturated rings. The number of benzene rings is 2. The number of hydrogen-bond donors (Lipinski definition) is 0. The van der Waals surface area contributed by atoms with Crippen LogP contribution in [0.2, 0.25) is 0 Å². The predicted molar refractivity (Wildman–Crippen MR) is 73.3 cm³/mol. The number of carbonyl (C=O) groups excluding carboxylic acids is 1. The van der Waals surface area contributed by atoms with E-state index in [-0.39, 0.29) is 0 Å². The van der Waals surface area contributed by atoms with E-state index in [2.05, 4.69) is 6.07 Å². The van der Waals surface area contributed by atoms with Crippen LogP contribution < -0.4 is 4.74 Å². The van der Waals surface area contributed by atoms with Gasteiger partial charge in [0.15, 0.2) is 6.29 Å². The first-order valence-electron chi connectivity index (χ1n) is 5.84. The molecule has 0 unspecified atom stereocenters. The molecule has 0 aliphatic rings. The van der Waals surface area contributed by atoms with Crippen molar-refractivity contribution in [3.05, 3.63) is 53.1 Å². The molecular formula is C16H13NO2. The van der Waals surface area contributed by atoms with Gasteiger partial charge in [-0.3, -0.25) is 4.79 Å². The normalized spacial score (nSPS) is 9.74. The quantitative estimate of drug-likeness (QED) is 0.786. The Kier molecular flexibility index (Phi) is 3.63. The first-order valence-corrected chi connectivity index (χ1v) is 5.84. The molecule has 2 rings (SSSR count). The number of para-hydroxylation sites is 1. The van der Waals surface area contributed by atoms with Crippen molar-refractivity contribution in [2.75, 3.05) is 7.11 Å². The largest absolute Gasteiger partial charge is 0.495 e. The van der Waals surface area contributed by atoms with E-state index in [4.69, 9.17) is 10.00 Å². The molecule has 2 aromatic rings. The molecule has 3 heteroatoms. The highest BCUT2D eigenvalue weighted by molar-refractivity contribution is 5.86. The summed E-state index contributed by atoms with van der Waals surface area (Å²) in [5.74, 6) is 0.533. The van der Waals surface area contributed by atoms with Crippen LogP contribution in [0.25, 0.3) is 11.1 Å². The van der Waals surface area contributed by atoms with E-state index >= 15 is 0 Å². The lowest BCUT2D eigenvalue weighted by Crippen LogP contribution is -1.94. The molecule has 0 aliphatic carbocycles. The number of carbonyl (C=O) groups is 1. The molecule has 19 heavy (non-hydrogen) atoms. The molecule has 0 saturated carbocycles. The smallest absolute Gasteiger partial charge is 0.153 e.